The maximum Gasteiger partial charge on any atom is 0.144 e. The highest BCUT2D eigenvalue weighted by Crippen LogP contribution is 2.18. The fourth-order valence-electron chi connectivity index (χ4n) is 2.03. The molecule has 0 saturated heterocycles. The Hall–Kier alpha value is -2.38. The molecule has 0 fully saturated rings. The lowest BCUT2D eigenvalue weighted by atomic mass is 10.1. The zero-order valence-electron chi connectivity index (χ0n) is 12.5. The lowest BCUT2D eigenvalue weighted by Crippen LogP contribution is -2.14. The first-order valence-electron chi connectivity index (χ1n) is 6.88. The Balaban J connectivity index is 2.11. The van der Waals surface area contributed by atoms with Gasteiger partial charge in [0.15, 0.2) is 0 Å². The van der Waals surface area contributed by atoms with Gasteiger partial charge in [-0.3, -0.25) is 0 Å². The van der Waals surface area contributed by atoms with E-state index in [4.69, 9.17) is 5.26 Å². The Morgan fingerprint density at radius 1 is 1.24 bits per heavy atom. The molecule has 0 radical (unpaired) electrons. The van der Waals surface area contributed by atoms with E-state index in [1.54, 1.807) is 0 Å². The molecule has 1 heterocycles. The van der Waals surface area contributed by atoms with Crippen molar-refractivity contribution in [2.24, 2.45) is 0 Å². The summed E-state index contributed by atoms with van der Waals surface area (Å²) in [5.74, 6) is 0.520. The fourth-order valence-corrected chi connectivity index (χ4v) is 2.03. The monoisotopic (exact) mass is 281 g/mol. The highest BCUT2D eigenvalue weighted by atomic mass is 16.3. The van der Waals surface area contributed by atoms with Crippen molar-refractivity contribution in [1.29, 1.82) is 5.26 Å². The molecular weight excluding hydrogens is 262 g/mol. The molecule has 4 heteroatoms. The summed E-state index contributed by atoms with van der Waals surface area (Å²) in [7, 11) is 0. The highest BCUT2D eigenvalue weighted by molar-refractivity contribution is 5.54. The number of anilines is 1. The lowest BCUT2D eigenvalue weighted by Gasteiger charge is -2.14. The fraction of sp³-hybridized carbons (Fsp3) is 0.294. The van der Waals surface area contributed by atoms with E-state index in [2.05, 4.69) is 16.4 Å². The first-order chi connectivity index (χ1) is 10.0. The van der Waals surface area contributed by atoms with Crippen LogP contribution in [0.3, 0.4) is 0 Å². The minimum atomic E-state index is -0.638. The van der Waals surface area contributed by atoms with Gasteiger partial charge in [0.1, 0.15) is 11.9 Å². The first-order valence-corrected chi connectivity index (χ1v) is 6.88. The van der Waals surface area contributed by atoms with Gasteiger partial charge in [-0.1, -0.05) is 29.8 Å². The number of nitrogens with one attached hydrogen (secondary N) is 1. The molecule has 0 aliphatic rings. The molecule has 0 saturated carbocycles. The van der Waals surface area contributed by atoms with Gasteiger partial charge in [0, 0.05) is 12.2 Å². The number of hydrogen-bond donors (Lipinski definition) is 2. The molecule has 0 aliphatic heterocycles. The van der Waals surface area contributed by atoms with Gasteiger partial charge in [-0.15, -0.1) is 0 Å². The number of aryl methyl sites for hydroxylation is 3. The normalized spacial score (nSPS) is 11.8. The van der Waals surface area contributed by atoms with E-state index in [0.717, 1.165) is 22.4 Å². The van der Waals surface area contributed by atoms with Gasteiger partial charge in [-0.2, -0.15) is 5.26 Å². The standard InChI is InChI=1S/C17H19N3O/c1-11-4-6-14(7-5-11)16(21)10-19-17-15(9-18)8-12(2)13(3)20-17/h4-8,16,21H,10H2,1-3H3,(H,19,20). The predicted molar refractivity (Wildman–Crippen MR) is 83.1 cm³/mol. The van der Waals surface area contributed by atoms with Gasteiger partial charge < -0.3 is 10.4 Å². The SMILES string of the molecule is Cc1ccc(C(O)CNc2nc(C)c(C)cc2C#N)cc1. The third kappa shape index (κ3) is 3.59. The van der Waals surface area contributed by atoms with Crippen molar-refractivity contribution in [2.45, 2.75) is 26.9 Å². The summed E-state index contributed by atoms with van der Waals surface area (Å²) < 4.78 is 0. The molecule has 1 unspecified atom stereocenters. The topological polar surface area (TPSA) is 68.9 Å². The molecule has 0 bridgehead atoms. The molecule has 1 aromatic heterocycles. The summed E-state index contributed by atoms with van der Waals surface area (Å²) in [5, 5.41) is 22.4. The van der Waals surface area contributed by atoms with Crippen LogP contribution in [0.25, 0.3) is 0 Å². The van der Waals surface area contributed by atoms with Gasteiger partial charge in [0.2, 0.25) is 0 Å². The second-order valence-corrected chi connectivity index (χ2v) is 5.21. The van der Waals surface area contributed by atoms with Crippen LogP contribution in [0.2, 0.25) is 0 Å². The molecule has 4 nitrogen and oxygen atoms in total. The van der Waals surface area contributed by atoms with Crippen molar-refractivity contribution in [3.8, 4) is 6.07 Å². The molecule has 108 valence electrons. The van der Waals surface area contributed by atoms with E-state index in [0.29, 0.717) is 17.9 Å². The molecule has 2 aromatic rings. The Labute approximate surface area is 125 Å². The Morgan fingerprint density at radius 3 is 2.52 bits per heavy atom. The summed E-state index contributed by atoms with van der Waals surface area (Å²) >= 11 is 0. The van der Waals surface area contributed by atoms with Gasteiger partial charge in [-0.25, -0.2) is 4.98 Å². The number of benzene rings is 1. The average molecular weight is 281 g/mol. The van der Waals surface area contributed by atoms with Crippen LogP contribution >= 0.6 is 0 Å². The lowest BCUT2D eigenvalue weighted by molar-refractivity contribution is 0.191. The molecular formula is C17H19N3O. The number of nitrogens with zero attached hydrogens (tertiary/aromatic N) is 2. The minimum Gasteiger partial charge on any atom is -0.387 e. The molecule has 1 aromatic carbocycles. The third-order valence-corrected chi connectivity index (χ3v) is 3.51. The summed E-state index contributed by atoms with van der Waals surface area (Å²) in [4.78, 5) is 4.38. The number of aliphatic hydroxyl groups is 1. The van der Waals surface area contributed by atoms with E-state index < -0.39 is 6.10 Å². The maximum atomic E-state index is 10.2. The molecule has 0 amide bonds. The van der Waals surface area contributed by atoms with Crippen molar-refractivity contribution in [2.75, 3.05) is 11.9 Å². The maximum absolute atomic E-state index is 10.2. The summed E-state index contributed by atoms with van der Waals surface area (Å²) in [6.45, 7) is 6.14. The van der Waals surface area contributed by atoms with Gasteiger partial charge in [0.05, 0.1) is 11.7 Å². The van der Waals surface area contributed by atoms with E-state index in [-0.39, 0.29) is 0 Å². The number of aromatic nitrogens is 1. The van der Waals surface area contributed by atoms with Crippen LogP contribution in [0.1, 0.15) is 34.1 Å². The van der Waals surface area contributed by atoms with E-state index in [1.165, 1.54) is 0 Å². The third-order valence-electron chi connectivity index (χ3n) is 3.51. The van der Waals surface area contributed by atoms with Crippen molar-refractivity contribution in [3.05, 3.63) is 58.3 Å². The second-order valence-electron chi connectivity index (χ2n) is 5.21. The van der Waals surface area contributed by atoms with Gasteiger partial charge >= 0.3 is 0 Å². The van der Waals surface area contributed by atoms with Crippen LogP contribution < -0.4 is 5.32 Å². The van der Waals surface area contributed by atoms with Crippen LogP contribution in [-0.2, 0) is 0 Å². The Kier molecular flexibility index (Phi) is 4.56. The number of hydrogen-bond acceptors (Lipinski definition) is 4. The van der Waals surface area contributed by atoms with Crippen molar-refractivity contribution >= 4 is 5.82 Å². The number of rotatable bonds is 4. The largest absolute Gasteiger partial charge is 0.387 e. The minimum absolute atomic E-state index is 0.313. The summed E-state index contributed by atoms with van der Waals surface area (Å²) in [5.41, 5.74) is 4.35. The first kappa shape index (κ1) is 15.0. The van der Waals surface area contributed by atoms with Crippen LogP contribution in [0.15, 0.2) is 30.3 Å². The zero-order chi connectivity index (χ0) is 15.4. The van der Waals surface area contributed by atoms with E-state index in [1.807, 2.05) is 51.1 Å². The van der Waals surface area contributed by atoms with Gasteiger partial charge in [-0.05, 0) is 38.0 Å². The van der Waals surface area contributed by atoms with E-state index >= 15 is 0 Å². The quantitative estimate of drug-likeness (QED) is 0.904. The molecule has 0 aliphatic carbocycles. The van der Waals surface area contributed by atoms with Crippen molar-refractivity contribution in [1.82, 2.24) is 4.98 Å². The second kappa shape index (κ2) is 6.38. The molecule has 0 spiro atoms. The smallest absolute Gasteiger partial charge is 0.144 e. The molecule has 1 atom stereocenters. The van der Waals surface area contributed by atoms with Gasteiger partial charge in [0.25, 0.3) is 0 Å². The summed E-state index contributed by atoms with van der Waals surface area (Å²) in [6, 6.07) is 11.7. The molecule has 2 rings (SSSR count). The zero-order valence-corrected chi connectivity index (χ0v) is 12.5. The number of pyridine rings is 1. The molecule has 21 heavy (non-hydrogen) atoms. The predicted octanol–water partition coefficient (Wildman–Crippen LogP) is 3.02. The van der Waals surface area contributed by atoms with Crippen LogP contribution in [0.5, 0.6) is 0 Å². The van der Waals surface area contributed by atoms with Crippen molar-refractivity contribution in [3.63, 3.8) is 0 Å². The Morgan fingerprint density at radius 2 is 1.90 bits per heavy atom. The number of nitriles is 1. The summed E-state index contributed by atoms with van der Waals surface area (Å²) in [6.07, 6.45) is -0.638. The van der Waals surface area contributed by atoms with Crippen LogP contribution in [-0.4, -0.2) is 16.6 Å². The average Bonchev–Trinajstić information content (AvgIpc) is 2.48. The molecule has 2 N–H and O–H groups in total. The van der Waals surface area contributed by atoms with E-state index in [9.17, 15) is 5.11 Å². The van der Waals surface area contributed by atoms with Crippen molar-refractivity contribution < 1.29 is 5.11 Å². The van der Waals surface area contributed by atoms with Crippen LogP contribution in [0, 0.1) is 32.1 Å². The number of aliphatic hydroxyl groups excluding tert-OH is 1. The Bertz CT molecular complexity index is 672. The van der Waals surface area contributed by atoms with Crippen LogP contribution in [0.4, 0.5) is 5.82 Å². The highest BCUT2D eigenvalue weighted by Gasteiger charge is 2.11.